The highest BCUT2D eigenvalue weighted by molar-refractivity contribution is 6.63. The van der Waals surface area contributed by atoms with Gasteiger partial charge in [-0.2, -0.15) is 0 Å². The van der Waals surface area contributed by atoms with Crippen molar-refractivity contribution in [1.29, 1.82) is 0 Å². The minimum Gasteiger partial charge on any atom is -0.491 e. The predicted octanol–water partition coefficient (Wildman–Crippen LogP) is 2.91. The third kappa shape index (κ3) is 2.84. The van der Waals surface area contributed by atoms with Gasteiger partial charge in [-0.15, -0.1) is 0 Å². The van der Waals surface area contributed by atoms with E-state index in [0.29, 0.717) is 11.2 Å². The van der Waals surface area contributed by atoms with Gasteiger partial charge in [0.25, 0.3) is 0 Å². The third-order valence-corrected chi connectivity index (χ3v) is 3.84. The Morgan fingerprint density at radius 3 is 2.15 bits per heavy atom. The van der Waals surface area contributed by atoms with Crippen molar-refractivity contribution in [3.8, 4) is 5.75 Å². The molecule has 2 rings (SSSR count). The molecule has 1 saturated heterocycles. The lowest BCUT2D eigenvalue weighted by atomic mass is 9.78. The van der Waals surface area contributed by atoms with Crippen molar-refractivity contribution in [2.45, 2.75) is 58.8 Å². The molecule has 0 spiro atoms. The summed E-state index contributed by atoms with van der Waals surface area (Å²) < 4.78 is 31.2. The molecule has 3 nitrogen and oxygen atoms in total. The molecule has 1 aliphatic heterocycles. The van der Waals surface area contributed by atoms with Gasteiger partial charge in [-0.1, -0.05) is 0 Å². The zero-order valence-corrected chi connectivity index (χ0v) is 13.0. The smallest absolute Gasteiger partial charge is 0.491 e. The van der Waals surface area contributed by atoms with E-state index in [1.165, 1.54) is 12.1 Å². The van der Waals surface area contributed by atoms with Gasteiger partial charge < -0.3 is 14.0 Å². The van der Waals surface area contributed by atoms with Gasteiger partial charge in [-0.25, -0.2) is 4.39 Å². The van der Waals surface area contributed by atoms with Crippen LogP contribution in [0.5, 0.6) is 5.75 Å². The molecule has 0 bridgehead atoms. The Morgan fingerprint density at radius 2 is 1.65 bits per heavy atom. The van der Waals surface area contributed by atoms with Gasteiger partial charge in [-0.3, -0.25) is 0 Å². The molecular formula is C15H22BFO3. The molecule has 1 fully saturated rings. The van der Waals surface area contributed by atoms with E-state index in [0.717, 1.165) is 0 Å². The van der Waals surface area contributed by atoms with Crippen LogP contribution in [0.1, 0.15) is 41.5 Å². The van der Waals surface area contributed by atoms with Gasteiger partial charge in [0.1, 0.15) is 11.6 Å². The van der Waals surface area contributed by atoms with Gasteiger partial charge in [0.2, 0.25) is 0 Å². The second-order valence-electron chi connectivity index (χ2n) is 6.44. The van der Waals surface area contributed by atoms with Crippen LogP contribution >= 0.6 is 0 Å². The summed E-state index contributed by atoms with van der Waals surface area (Å²) in [4.78, 5) is 0. The molecule has 0 atom stereocenters. The summed E-state index contributed by atoms with van der Waals surface area (Å²) in [6, 6.07) is 4.42. The predicted molar refractivity (Wildman–Crippen MR) is 77.9 cm³/mol. The summed E-state index contributed by atoms with van der Waals surface area (Å²) in [5.74, 6) is 0.269. The van der Waals surface area contributed by atoms with Gasteiger partial charge in [-0.05, 0) is 59.7 Å². The van der Waals surface area contributed by atoms with Crippen molar-refractivity contribution in [2.24, 2.45) is 0 Å². The highest BCUT2D eigenvalue weighted by Crippen LogP contribution is 2.37. The largest absolute Gasteiger partial charge is 0.498 e. The normalized spacial score (nSPS) is 20.5. The lowest BCUT2D eigenvalue weighted by Crippen LogP contribution is -2.41. The van der Waals surface area contributed by atoms with Gasteiger partial charge in [0, 0.05) is 5.46 Å². The molecule has 0 amide bonds. The Labute approximate surface area is 120 Å². The van der Waals surface area contributed by atoms with E-state index >= 15 is 0 Å². The van der Waals surface area contributed by atoms with E-state index in [4.69, 9.17) is 14.0 Å². The first-order valence-electron chi connectivity index (χ1n) is 6.94. The second kappa shape index (κ2) is 5.04. The van der Waals surface area contributed by atoms with Crippen LogP contribution in [0.2, 0.25) is 0 Å². The fourth-order valence-electron chi connectivity index (χ4n) is 2.03. The number of ether oxygens (including phenoxy) is 1. The zero-order valence-electron chi connectivity index (χ0n) is 13.0. The summed E-state index contributed by atoms with van der Waals surface area (Å²) in [5, 5.41) is 0. The van der Waals surface area contributed by atoms with Crippen molar-refractivity contribution in [1.82, 2.24) is 0 Å². The fraction of sp³-hybridized carbons (Fsp3) is 0.600. The lowest BCUT2D eigenvalue weighted by Gasteiger charge is -2.32. The molecule has 0 N–H and O–H groups in total. The molecule has 0 aliphatic carbocycles. The van der Waals surface area contributed by atoms with Crippen molar-refractivity contribution in [3.63, 3.8) is 0 Å². The van der Waals surface area contributed by atoms with E-state index in [9.17, 15) is 4.39 Å². The average Bonchev–Trinajstić information content (AvgIpc) is 2.50. The van der Waals surface area contributed by atoms with Crippen LogP contribution in [0.15, 0.2) is 18.2 Å². The standard InChI is InChI=1S/C15H22BFO3/c1-10(2)18-13-8-7-11(17)9-12(13)16-19-14(3,4)15(5,6)20-16/h7-10H,1-6H3. The second-order valence-corrected chi connectivity index (χ2v) is 6.44. The summed E-state index contributed by atoms with van der Waals surface area (Å²) in [6.07, 6.45) is 0.00151. The van der Waals surface area contributed by atoms with Crippen LogP contribution in [-0.2, 0) is 9.31 Å². The summed E-state index contributed by atoms with van der Waals surface area (Å²) >= 11 is 0. The van der Waals surface area contributed by atoms with Crippen LogP contribution in [0, 0.1) is 5.82 Å². The minimum absolute atomic E-state index is 0.00151. The van der Waals surface area contributed by atoms with Gasteiger partial charge in [0.15, 0.2) is 0 Å². The minimum atomic E-state index is -0.621. The van der Waals surface area contributed by atoms with E-state index < -0.39 is 18.3 Å². The Morgan fingerprint density at radius 1 is 1.10 bits per heavy atom. The molecule has 1 aromatic carbocycles. The Kier molecular flexibility index (Phi) is 3.86. The van der Waals surface area contributed by atoms with E-state index in [1.807, 2.05) is 41.5 Å². The van der Waals surface area contributed by atoms with Crippen LogP contribution in [-0.4, -0.2) is 24.4 Å². The molecular weight excluding hydrogens is 258 g/mol. The maximum atomic E-state index is 13.6. The average molecular weight is 280 g/mol. The molecule has 0 unspecified atom stereocenters. The molecule has 0 aromatic heterocycles. The van der Waals surface area contributed by atoms with E-state index in [2.05, 4.69) is 0 Å². The maximum absolute atomic E-state index is 13.6. The Balaban J connectivity index is 2.36. The maximum Gasteiger partial charge on any atom is 0.498 e. The highest BCUT2D eigenvalue weighted by atomic mass is 19.1. The number of hydrogen-bond acceptors (Lipinski definition) is 3. The number of rotatable bonds is 3. The molecule has 20 heavy (non-hydrogen) atoms. The quantitative estimate of drug-likeness (QED) is 0.797. The first-order valence-corrected chi connectivity index (χ1v) is 6.94. The highest BCUT2D eigenvalue weighted by Gasteiger charge is 2.52. The van der Waals surface area contributed by atoms with Crippen molar-refractivity contribution in [3.05, 3.63) is 24.0 Å². The summed E-state index contributed by atoms with van der Waals surface area (Å²) in [7, 11) is -0.621. The van der Waals surface area contributed by atoms with Crippen LogP contribution in [0.25, 0.3) is 0 Å². The topological polar surface area (TPSA) is 27.7 Å². The molecule has 1 aliphatic rings. The number of benzene rings is 1. The van der Waals surface area contributed by atoms with E-state index in [1.54, 1.807) is 6.07 Å². The zero-order chi connectivity index (χ0) is 15.1. The lowest BCUT2D eigenvalue weighted by molar-refractivity contribution is 0.00578. The Hall–Kier alpha value is -1.07. The Bertz CT molecular complexity index is 484. The molecule has 0 radical (unpaired) electrons. The monoisotopic (exact) mass is 280 g/mol. The summed E-state index contributed by atoms with van der Waals surface area (Å²) in [5.41, 5.74) is -0.324. The van der Waals surface area contributed by atoms with Crippen LogP contribution in [0.3, 0.4) is 0 Å². The first-order chi connectivity index (χ1) is 9.12. The van der Waals surface area contributed by atoms with E-state index in [-0.39, 0.29) is 11.9 Å². The first kappa shape index (κ1) is 15.3. The van der Waals surface area contributed by atoms with Crippen molar-refractivity contribution >= 4 is 12.6 Å². The van der Waals surface area contributed by atoms with Crippen LogP contribution in [0.4, 0.5) is 4.39 Å². The van der Waals surface area contributed by atoms with Gasteiger partial charge in [0.05, 0.1) is 17.3 Å². The number of halogens is 1. The number of hydrogen-bond donors (Lipinski definition) is 0. The molecule has 110 valence electrons. The molecule has 1 heterocycles. The van der Waals surface area contributed by atoms with Crippen molar-refractivity contribution < 1.29 is 18.4 Å². The SMILES string of the molecule is CC(C)Oc1ccc(F)cc1B1OC(C)(C)C(C)(C)O1. The molecule has 1 aromatic rings. The molecule has 5 heteroatoms. The summed E-state index contributed by atoms with van der Waals surface area (Å²) in [6.45, 7) is 11.7. The van der Waals surface area contributed by atoms with Crippen LogP contribution < -0.4 is 10.2 Å². The van der Waals surface area contributed by atoms with Gasteiger partial charge >= 0.3 is 7.12 Å². The third-order valence-electron chi connectivity index (χ3n) is 3.84. The van der Waals surface area contributed by atoms with Crippen molar-refractivity contribution in [2.75, 3.05) is 0 Å². The molecule has 0 saturated carbocycles. The fourth-order valence-corrected chi connectivity index (χ4v) is 2.03.